The van der Waals surface area contributed by atoms with Crippen molar-refractivity contribution in [1.82, 2.24) is 10.6 Å². The maximum absolute atomic E-state index is 12.8. The second kappa shape index (κ2) is 9.12. The van der Waals surface area contributed by atoms with Gasteiger partial charge in [-0.1, -0.05) is 19.4 Å². The number of unbranched alkanes of at least 4 members (excludes halogenated alkanes) is 1. The first-order chi connectivity index (χ1) is 12.8. The summed E-state index contributed by atoms with van der Waals surface area (Å²) in [6.45, 7) is 5.57. The third-order valence-electron chi connectivity index (χ3n) is 4.14. The van der Waals surface area contributed by atoms with Gasteiger partial charge in [-0.2, -0.15) is 0 Å². The van der Waals surface area contributed by atoms with Gasteiger partial charge in [0.2, 0.25) is 0 Å². The lowest BCUT2D eigenvalue weighted by Gasteiger charge is -2.30. The molecule has 1 aliphatic rings. The van der Waals surface area contributed by atoms with Crippen molar-refractivity contribution in [2.75, 3.05) is 7.11 Å². The maximum Gasteiger partial charge on any atom is 0.338 e. The first-order valence-corrected chi connectivity index (χ1v) is 9.66. The largest absolute Gasteiger partial charge is 0.503 e. The number of hydrogen-bond acceptors (Lipinski definition) is 5. The molecule has 1 aromatic rings. The highest BCUT2D eigenvalue weighted by molar-refractivity contribution is 9.10. The second-order valence-electron chi connectivity index (χ2n) is 6.50. The number of allylic oxidation sites excluding steroid dienone is 1. The Hall–Kier alpha value is -2.22. The molecule has 0 fully saturated rings. The summed E-state index contributed by atoms with van der Waals surface area (Å²) in [6, 6.07) is 2.11. The van der Waals surface area contributed by atoms with Crippen LogP contribution in [0, 0.1) is 0 Å². The summed E-state index contributed by atoms with van der Waals surface area (Å²) >= 11 is 3.35. The van der Waals surface area contributed by atoms with E-state index in [-0.39, 0.29) is 17.6 Å². The van der Waals surface area contributed by atoms with E-state index in [0.29, 0.717) is 27.7 Å². The van der Waals surface area contributed by atoms with Crippen molar-refractivity contribution in [3.63, 3.8) is 0 Å². The van der Waals surface area contributed by atoms with Gasteiger partial charge in [0.25, 0.3) is 0 Å². The van der Waals surface area contributed by atoms with Crippen LogP contribution in [-0.2, 0) is 9.53 Å². The van der Waals surface area contributed by atoms with Gasteiger partial charge in [-0.15, -0.1) is 0 Å². The van der Waals surface area contributed by atoms with Crippen LogP contribution in [0.15, 0.2) is 27.9 Å². The Balaban J connectivity index is 2.58. The second-order valence-corrected chi connectivity index (χ2v) is 7.29. The van der Waals surface area contributed by atoms with Crippen LogP contribution >= 0.6 is 15.9 Å². The number of hydrogen-bond donors (Lipinski definition) is 3. The molecule has 0 spiro atoms. The summed E-state index contributed by atoms with van der Waals surface area (Å²) < 4.78 is 10.9. The quantitative estimate of drug-likeness (QED) is 0.558. The van der Waals surface area contributed by atoms with Crippen LogP contribution in [0.1, 0.15) is 51.6 Å². The van der Waals surface area contributed by atoms with Crippen LogP contribution in [0.25, 0.3) is 0 Å². The highest BCUT2D eigenvalue weighted by Crippen LogP contribution is 2.42. The van der Waals surface area contributed by atoms with Gasteiger partial charge in [0, 0.05) is 5.70 Å². The van der Waals surface area contributed by atoms with Gasteiger partial charge in [-0.05, 0) is 54.2 Å². The van der Waals surface area contributed by atoms with Crippen molar-refractivity contribution in [2.45, 2.75) is 52.2 Å². The van der Waals surface area contributed by atoms with Crippen molar-refractivity contribution in [2.24, 2.45) is 0 Å². The maximum atomic E-state index is 12.8. The van der Waals surface area contributed by atoms with Gasteiger partial charge in [0.15, 0.2) is 11.5 Å². The Morgan fingerprint density at radius 1 is 1.37 bits per heavy atom. The first-order valence-electron chi connectivity index (χ1n) is 8.87. The lowest BCUT2D eigenvalue weighted by atomic mass is 9.93. The summed E-state index contributed by atoms with van der Waals surface area (Å²) in [5.41, 5.74) is 1.41. The summed E-state index contributed by atoms with van der Waals surface area (Å²) in [5, 5.41) is 15.8. The molecule has 0 saturated carbocycles. The van der Waals surface area contributed by atoms with E-state index in [0.717, 1.165) is 12.8 Å². The third kappa shape index (κ3) is 4.74. The zero-order valence-electron chi connectivity index (χ0n) is 15.9. The molecular formula is C19H25BrN2O5. The van der Waals surface area contributed by atoms with E-state index in [1.807, 2.05) is 6.92 Å². The molecule has 8 heteroatoms. The van der Waals surface area contributed by atoms with E-state index >= 15 is 0 Å². The van der Waals surface area contributed by atoms with Gasteiger partial charge in [-0.3, -0.25) is 0 Å². The molecule has 1 aromatic carbocycles. The van der Waals surface area contributed by atoms with Crippen molar-refractivity contribution < 1.29 is 24.2 Å². The average Bonchev–Trinajstić information content (AvgIpc) is 2.60. The van der Waals surface area contributed by atoms with Crippen LogP contribution in [0.2, 0.25) is 0 Å². The number of ether oxygens (including phenoxy) is 2. The Kier molecular flexibility index (Phi) is 7.12. The number of carbonyl (C=O) groups is 2. The third-order valence-corrected chi connectivity index (χ3v) is 4.97. The minimum absolute atomic E-state index is 0.102. The summed E-state index contributed by atoms with van der Waals surface area (Å²) in [6.07, 6.45) is 1.97. The highest BCUT2D eigenvalue weighted by atomic mass is 79.9. The number of benzene rings is 1. The molecule has 1 unspecified atom stereocenters. The van der Waals surface area contributed by atoms with Crippen molar-refractivity contribution in [3.8, 4) is 11.5 Å². The molecule has 27 heavy (non-hydrogen) atoms. The number of esters is 1. The molecule has 0 aromatic heterocycles. The zero-order chi connectivity index (χ0) is 20.1. The Morgan fingerprint density at radius 3 is 2.67 bits per heavy atom. The molecular weight excluding hydrogens is 416 g/mol. The van der Waals surface area contributed by atoms with Crippen LogP contribution in [0.3, 0.4) is 0 Å². The summed E-state index contributed by atoms with van der Waals surface area (Å²) in [4.78, 5) is 25.0. The van der Waals surface area contributed by atoms with Crippen LogP contribution < -0.4 is 15.4 Å². The standard InChI is InChI=1S/C19H25BrN2O5/c1-5-6-7-12-14(18(24)27-10(2)3)16(22-19(25)21-12)11-8-9-13(26-4)17(23)15(11)20/h8-10,16,23H,5-7H2,1-4H3,(H2,21,22,25). The topological polar surface area (TPSA) is 96.9 Å². The smallest absolute Gasteiger partial charge is 0.338 e. The molecule has 1 aliphatic heterocycles. The Labute approximate surface area is 167 Å². The number of aromatic hydroxyl groups is 1. The molecule has 2 rings (SSSR count). The van der Waals surface area contributed by atoms with Crippen molar-refractivity contribution in [1.29, 1.82) is 0 Å². The fourth-order valence-electron chi connectivity index (χ4n) is 2.87. The fourth-order valence-corrected chi connectivity index (χ4v) is 3.43. The number of amides is 2. The van der Waals surface area contributed by atoms with Gasteiger partial charge >= 0.3 is 12.0 Å². The number of halogens is 1. The SMILES string of the molecule is CCCCC1=C(C(=O)OC(C)C)C(c2ccc(OC)c(O)c2Br)NC(=O)N1. The molecule has 1 heterocycles. The molecule has 0 aliphatic carbocycles. The van der Waals surface area contributed by atoms with Crippen LogP contribution in [0.5, 0.6) is 11.5 Å². The van der Waals surface area contributed by atoms with E-state index in [1.165, 1.54) is 7.11 Å². The molecule has 0 saturated heterocycles. The Morgan fingerprint density at radius 2 is 2.07 bits per heavy atom. The number of rotatable bonds is 7. The monoisotopic (exact) mass is 440 g/mol. The average molecular weight is 441 g/mol. The van der Waals surface area contributed by atoms with E-state index in [2.05, 4.69) is 26.6 Å². The minimum Gasteiger partial charge on any atom is -0.503 e. The van der Waals surface area contributed by atoms with Crippen LogP contribution in [-0.4, -0.2) is 30.3 Å². The molecule has 1 atom stereocenters. The predicted molar refractivity (Wildman–Crippen MR) is 105 cm³/mol. The number of nitrogens with one attached hydrogen (secondary N) is 2. The summed E-state index contributed by atoms with van der Waals surface area (Å²) in [5.74, 6) is -0.322. The number of carbonyl (C=O) groups excluding carboxylic acids is 2. The molecule has 0 radical (unpaired) electrons. The van der Waals surface area contributed by atoms with E-state index < -0.39 is 18.0 Å². The number of phenolic OH excluding ortho intramolecular Hbond substituents is 1. The predicted octanol–water partition coefficient (Wildman–Crippen LogP) is 3.91. The van der Waals surface area contributed by atoms with Gasteiger partial charge in [0.1, 0.15) is 0 Å². The van der Waals surface area contributed by atoms with Crippen molar-refractivity contribution >= 4 is 27.9 Å². The Bertz CT molecular complexity index is 761. The molecule has 3 N–H and O–H groups in total. The molecule has 0 bridgehead atoms. The number of urea groups is 1. The van der Waals surface area contributed by atoms with E-state index in [4.69, 9.17) is 9.47 Å². The highest BCUT2D eigenvalue weighted by Gasteiger charge is 2.35. The van der Waals surface area contributed by atoms with Gasteiger partial charge < -0.3 is 25.2 Å². The number of phenols is 1. The van der Waals surface area contributed by atoms with Crippen molar-refractivity contribution in [3.05, 3.63) is 33.4 Å². The van der Waals surface area contributed by atoms with E-state index in [9.17, 15) is 14.7 Å². The normalized spacial score (nSPS) is 16.8. The zero-order valence-corrected chi connectivity index (χ0v) is 17.5. The number of methoxy groups -OCH3 is 1. The lowest BCUT2D eigenvalue weighted by molar-refractivity contribution is -0.143. The van der Waals surface area contributed by atoms with Gasteiger partial charge in [0.05, 0.1) is 29.3 Å². The van der Waals surface area contributed by atoms with Crippen LogP contribution in [0.4, 0.5) is 4.79 Å². The molecule has 2 amide bonds. The molecule has 148 valence electrons. The summed E-state index contributed by atoms with van der Waals surface area (Å²) in [7, 11) is 1.45. The minimum atomic E-state index is -0.761. The fraction of sp³-hybridized carbons (Fsp3) is 0.474. The molecule has 7 nitrogen and oxygen atoms in total. The van der Waals surface area contributed by atoms with E-state index in [1.54, 1.807) is 26.0 Å². The first kappa shape index (κ1) is 21.1. The van der Waals surface area contributed by atoms with Gasteiger partial charge in [-0.25, -0.2) is 9.59 Å². The lowest BCUT2D eigenvalue weighted by Crippen LogP contribution is -2.46.